The molecule has 3 aliphatic rings. The normalized spacial score (nSPS) is 28.9. The summed E-state index contributed by atoms with van der Waals surface area (Å²) in [6.07, 6.45) is 0.171. The maximum atomic E-state index is 13.9. The number of aryl methyl sites for hydroxylation is 2. The van der Waals surface area contributed by atoms with Gasteiger partial charge in [-0.2, -0.15) is 0 Å². The van der Waals surface area contributed by atoms with Gasteiger partial charge in [0.2, 0.25) is 17.7 Å². The van der Waals surface area contributed by atoms with Crippen LogP contribution in [0.4, 0.5) is 11.4 Å². The van der Waals surface area contributed by atoms with Crippen LogP contribution in [0.2, 0.25) is 0 Å². The minimum absolute atomic E-state index is 0.126. The van der Waals surface area contributed by atoms with E-state index in [1.54, 1.807) is 24.3 Å². The number of carbonyl (C=O) groups excluding carboxylic acids is 3. The van der Waals surface area contributed by atoms with Crippen molar-refractivity contribution in [1.82, 2.24) is 4.90 Å². The number of carbonyl (C=O) groups is 3. The van der Waals surface area contributed by atoms with Crippen molar-refractivity contribution in [2.45, 2.75) is 56.2 Å². The van der Waals surface area contributed by atoms with Crippen LogP contribution >= 0.6 is 15.9 Å². The Bertz CT molecular complexity index is 1250. The maximum Gasteiger partial charge on any atom is 0.250 e. The number of alkyl halides is 1. The molecule has 3 saturated heterocycles. The Kier molecular flexibility index (Phi) is 7.72. The second-order valence-electron chi connectivity index (χ2n) is 10.5. The maximum absolute atomic E-state index is 13.9. The van der Waals surface area contributed by atoms with Crippen LogP contribution in [0.1, 0.15) is 30.9 Å². The highest BCUT2D eigenvalue weighted by Gasteiger charge is 2.76. The number of halogens is 1. The molecule has 2 bridgehead atoms. The van der Waals surface area contributed by atoms with Gasteiger partial charge in [0.15, 0.2) is 0 Å². The molecule has 2 aromatic rings. The lowest BCUT2D eigenvalue weighted by atomic mass is 9.70. The van der Waals surface area contributed by atoms with Crippen molar-refractivity contribution in [3.8, 4) is 5.75 Å². The second-order valence-corrected chi connectivity index (χ2v) is 11.7. The van der Waals surface area contributed by atoms with Gasteiger partial charge in [0.25, 0.3) is 0 Å². The summed E-state index contributed by atoms with van der Waals surface area (Å²) in [6, 6.07) is 11.9. The van der Waals surface area contributed by atoms with Gasteiger partial charge in [0.05, 0.1) is 24.5 Å². The molecule has 2 aromatic carbocycles. The van der Waals surface area contributed by atoms with E-state index in [4.69, 9.17) is 9.47 Å². The van der Waals surface area contributed by atoms with Crippen LogP contribution in [0.15, 0.2) is 42.5 Å². The van der Waals surface area contributed by atoms with Crippen LogP contribution in [-0.2, 0) is 19.1 Å². The highest BCUT2D eigenvalue weighted by Crippen LogP contribution is 2.60. The van der Waals surface area contributed by atoms with Crippen LogP contribution in [0.3, 0.4) is 0 Å². The number of nitrogens with one attached hydrogen (secondary N) is 2. The number of likely N-dealkylation sites (tertiary alicyclic amines) is 1. The number of rotatable bonds is 9. The molecule has 3 N–H and O–H groups in total. The highest BCUT2D eigenvalue weighted by molar-refractivity contribution is 9.09. The quantitative estimate of drug-likeness (QED) is 0.380. The van der Waals surface area contributed by atoms with Gasteiger partial charge in [-0.15, -0.1) is 0 Å². The van der Waals surface area contributed by atoms with Gasteiger partial charge >= 0.3 is 0 Å². The predicted octanol–water partition coefficient (Wildman–Crippen LogP) is 3.41. The Hall–Kier alpha value is -2.95. The number of ether oxygens (including phenoxy) is 2. The molecule has 1 spiro atoms. The number of nitrogens with zero attached hydrogens (tertiary/aromatic N) is 1. The minimum atomic E-state index is -1.16. The van der Waals surface area contributed by atoms with Crippen molar-refractivity contribution in [2.24, 2.45) is 11.8 Å². The van der Waals surface area contributed by atoms with Crippen molar-refractivity contribution >= 4 is 45.0 Å². The highest BCUT2D eigenvalue weighted by atomic mass is 79.9. The molecule has 3 unspecified atom stereocenters. The van der Waals surface area contributed by atoms with E-state index in [0.29, 0.717) is 36.6 Å². The predicted molar refractivity (Wildman–Crippen MR) is 150 cm³/mol. The smallest absolute Gasteiger partial charge is 0.250 e. The first kappa shape index (κ1) is 27.6. The number of aliphatic hydroxyl groups excluding tert-OH is 1. The minimum Gasteiger partial charge on any atom is -0.494 e. The van der Waals surface area contributed by atoms with Gasteiger partial charge in [-0.1, -0.05) is 34.1 Å². The molecule has 10 heteroatoms. The van der Waals surface area contributed by atoms with E-state index in [9.17, 15) is 19.5 Å². The van der Waals surface area contributed by atoms with Crippen molar-refractivity contribution in [2.75, 3.05) is 30.4 Å². The first-order valence-corrected chi connectivity index (χ1v) is 14.3. The van der Waals surface area contributed by atoms with E-state index < -0.39 is 29.6 Å². The molecule has 5 rings (SSSR count). The van der Waals surface area contributed by atoms with Gasteiger partial charge in [-0.25, -0.2) is 0 Å². The lowest BCUT2D eigenvalue weighted by Crippen LogP contribution is -2.54. The summed E-state index contributed by atoms with van der Waals surface area (Å²) < 4.78 is 12.0. The summed E-state index contributed by atoms with van der Waals surface area (Å²) in [5.41, 5.74) is 1.94. The molecule has 3 heterocycles. The molecule has 6 atom stereocenters. The van der Waals surface area contributed by atoms with Crippen LogP contribution in [0.5, 0.6) is 5.75 Å². The van der Waals surface area contributed by atoms with Crippen LogP contribution in [0, 0.1) is 25.7 Å². The Balaban J connectivity index is 1.46. The number of hydrogen-bond donors (Lipinski definition) is 3. The molecule has 0 radical (unpaired) electrons. The third-order valence-electron chi connectivity index (χ3n) is 8.06. The Morgan fingerprint density at radius 2 is 1.82 bits per heavy atom. The zero-order chi connectivity index (χ0) is 27.9. The average Bonchev–Trinajstić information content (AvgIpc) is 3.49. The first-order valence-electron chi connectivity index (χ1n) is 13.4. The Labute approximate surface area is 236 Å². The monoisotopic (exact) mass is 599 g/mol. The van der Waals surface area contributed by atoms with Gasteiger partial charge in [-0.05, 0) is 69.0 Å². The molecular formula is C29H34BrN3O6. The number of aliphatic hydroxyl groups is 1. The van der Waals surface area contributed by atoms with E-state index in [1.165, 1.54) is 4.90 Å². The summed E-state index contributed by atoms with van der Waals surface area (Å²) in [5, 5.41) is 15.5. The van der Waals surface area contributed by atoms with Gasteiger partial charge in [0, 0.05) is 29.4 Å². The average molecular weight is 601 g/mol. The lowest BCUT2D eigenvalue weighted by molar-refractivity contribution is -0.139. The van der Waals surface area contributed by atoms with E-state index in [0.717, 1.165) is 11.1 Å². The molecule has 208 valence electrons. The fourth-order valence-electron chi connectivity index (χ4n) is 6.44. The molecule has 3 fully saturated rings. The number of anilines is 2. The van der Waals surface area contributed by atoms with Crippen LogP contribution < -0.4 is 15.4 Å². The molecule has 9 nitrogen and oxygen atoms in total. The second kappa shape index (κ2) is 10.9. The lowest BCUT2D eigenvalue weighted by Gasteiger charge is -2.34. The van der Waals surface area contributed by atoms with Crippen molar-refractivity contribution in [3.05, 3.63) is 53.6 Å². The van der Waals surface area contributed by atoms with Gasteiger partial charge < -0.3 is 30.1 Å². The van der Waals surface area contributed by atoms with Crippen molar-refractivity contribution in [1.29, 1.82) is 0 Å². The molecular weight excluding hydrogens is 566 g/mol. The molecule has 0 aliphatic carbocycles. The summed E-state index contributed by atoms with van der Waals surface area (Å²) in [6.45, 7) is 6.33. The summed E-state index contributed by atoms with van der Waals surface area (Å²) in [5.74, 6) is -1.87. The largest absolute Gasteiger partial charge is 0.494 e. The van der Waals surface area contributed by atoms with Gasteiger partial charge in [0.1, 0.15) is 17.4 Å². The van der Waals surface area contributed by atoms with E-state index in [1.807, 2.05) is 39.0 Å². The van der Waals surface area contributed by atoms with E-state index in [-0.39, 0.29) is 35.7 Å². The van der Waals surface area contributed by atoms with Gasteiger partial charge in [-0.3, -0.25) is 14.4 Å². The standard InChI is InChI=1S/C29H34BrN3O6/c1-4-38-19-11-9-18(10-12-19)31-26(35)21-22-28(37)33(13-6-14-34)25(29(22)15-20(30)24(21)39-29)27(36)32-23-16(2)7-5-8-17(23)3/h5,7-12,20-22,24-25,34H,4,6,13-15H2,1-3H3,(H,31,35)(H,32,36)/t20?,21-,22-,24-,25?,29?/m0/s1. The summed E-state index contributed by atoms with van der Waals surface area (Å²) in [7, 11) is 0. The fraction of sp³-hybridized carbons (Fsp3) is 0.483. The third-order valence-corrected chi connectivity index (χ3v) is 8.90. The van der Waals surface area contributed by atoms with E-state index in [2.05, 4.69) is 26.6 Å². The summed E-state index contributed by atoms with van der Waals surface area (Å²) >= 11 is 3.68. The Morgan fingerprint density at radius 1 is 1.13 bits per heavy atom. The molecule has 3 amide bonds. The number of para-hydroxylation sites is 1. The zero-order valence-corrected chi connectivity index (χ0v) is 23.9. The summed E-state index contributed by atoms with van der Waals surface area (Å²) in [4.78, 5) is 42.9. The molecule has 0 aromatic heterocycles. The molecule has 3 aliphatic heterocycles. The fourth-order valence-corrected chi connectivity index (χ4v) is 7.38. The van der Waals surface area contributed by atoms with Crippen molar-refractivity contribution < 1.29 is 29.0 Å². The zero-order valence-electron chi connectivity index (χ0n) is 22.3. The SMILES string of the molecule is CCOc1ccc(NC(=O)[C@H]2[C@H]3C(=O)N(CCCO)C(C(=O)Nc4c(C)cccc4C)C34CC(Br)[C@@H]2O4)cc1. The number of amides is 3. The number of benzene rings is 2. The molecule has 39 heavy (non-hydrogen) atoms. The topological polar surface area (TPSA) is 117 Å². The number of hydrogen-bond acceptors (Lipinski definition) is 6. The first-order chi connectivity index (χ1) is 18.7. The third kappa shape index (κ3) is 4.72. The Morgan fingerprint density at radius 3 is 2.46 bits per heavy atom. The van der Waals surface area contributed by atoms with Crippen LogP contribution in [0.25, 0.3) is 0 Å². The van der Waals surface area contributed by atoms with E-state index >= 15 is 0 Å². The number of fused-ring (bicyclic) bond motifs is 1. The molecule has 0 saturated carbocycles. The van der Waals surface area contributed by atoms with Crippen molar-refractivity contribution in [3.63, 3.8) is 0 Å². The van der Waals surface area contributed by atoms with Crippen LogP contribution in [-0.4, -0.2) is 70.1 Å².